The zero-order valence-corrected chi connectivity index (χ0v) is 15.5. The number of nitrogens with zero attached hydrogens (tertiary/aromatic N) is 4. The molecule has 6 heteroatoms. The third-order valence-corrected chi connectivity index (χ3v) is 6.44. The molecular weight excluding hydrogens is 330 g/mol. The van der Waals surface area contributed by atoms with Crippen LogP contribution in [-0.4, -0.2) is 52.1 Å². The normalized spacial score (nSPS) is 24.2. The highest BCUT2D eigenvalue weighted by Crippen LogP contribution is 2.30. The predicted molar refractivity (Wildman–Crippen MR) is 102 cm³/mol. The molecule has 25 heavy (non-hydrogen) atoms. The van der Waals surface area contributed by atoms with Crippen LogP contribution in [0.4, 0.5) is 0 Å². The van der Waals surface area contributed by atoms with Crippen molar-refractivity contribution >= 4 is 11.3 Å². The fraction of sp³-hybridized carbons (Fsp3) is 0.632. The maximum atomic E-state index is 4.70. The van der Waals surface area contributed by atoms with Crippen molar-refractivity contribution in [2.75, 3.05) is 26.2 Å². The summed E-state index contributed by atoms with van der Waals surface area (Å²) >= 11 is 1.66. The van der Waals surface area contributed by atoms with E-state index in [2.05, 4.69) is 25.6 Å². The second-order valence-corrected chi connectivity index (χ2v) is 8.05. The van der Waals surface area contributed by atoms with Crippen molar-refractivity contribution in [1.29, 1.82) is 0 Å². The molecule has 4 rings (SSSR count). The second-order valence-electron chi connectivity index (χ2n) is 7.19. The summed E-state index contributed by atoms with van der Waals surface area (Å²) in [7, 11) is 0. The van der Waals surface area contributed by atoms with Crippen LogP contribution < -0.4 is 5.32 Å². The van der Waals surface area contributed by atoms with Crippen LogP contribution in [0.25, 0.3) is 10.7 Å². The summed E-state index contributed by atoms with van der Waals surface area (Å²) in [6.45, 7) is 4.81. The minimum Gasteiger partial charge on any atom is -0.316 e. The van der Waals surface area contributed by atoms with Crippen molar-refractivity contribution in [1.82, 2.24) is 25.2 Å². The zero-order chi connectivity index (χ0) is 16.9. The van der Waals surface area contributed by atoms with Gasteiger partial charge in [0.15, 0.2) is 0 Å². The minimum atomic E-state index is 0.831. The van der Waals surface area contributed by atoms with Gasteiger partial charge in [-0.1, -0.05) is 6.42 Å². The Bertz CT molecular complexity index is 657. The van der Waals surface area contributed by atoms with E-state index in [1.54, 1.807) is 29.9 Å². The molecule has 134 valence electrons. The van der Waals surface area contributed by atoms with Crippen LogP contribution in [0.3, 0.4) is 0 Å². The molecule has 2 saturated heterocycles. The van der Waals surface area contributed by atoms with E-state index in [1.165, 1.54) is 45.2 Å². The summed E-state index contributed by atoms with van der Waals surface area (Å²) in [6.07, 6.45) is 13.2. The first-order chi connectivity index (χ1) is 12.4. The average molecular weight is 358 g/mol. The highest BCUT2D eigenvalue weighted by molar-refractivity contribution is 7.13. The van der Waals surface area contributed by atoms with Gasteiger partial charge >= 0.3 is 0 Å². The molecule has 0 spiro atoms. The molecule has 2 atom stereocenters. The SMILES string of the molecule is c1cnc(-c2nc(CCNC[C@@H]3CCCN4CCCC[C@H]34)cs2)cn1. The standard InChI is InChI=1S/C19H27N5S/c1-2-10-24-11-3-4-15(18(24)5-1)12-20-7-6-16-14-25-19(23-16)17-13-21-8-9-22-17/h8-9,13-15,18,20H,1-7,10-12H2/t15-,18+/m0/s1. The highest BCUT2D eigenvalue weighted by Gasteiger charge is 2.32. The highest BCUT2D eigenvalue weighted by atomic mass is 32.1. The number of nitrogens with one attached hydrogen (secondary N) is 1. The van der Waals surface area contributed by atoms with Gasteiger partial charge in [-0.05, 0) is 51.2 Å². The van der Waals surface area contributed by atoms with E-state index in [4.69, 9.17) is 4.98 Å². The number of hydrogen-bond acceptors (Lipinski definition) is 6. The molecule has 0 amide bonds. The van der Waals surface area contributed by atoms with Crippen molar-refractivity contribution in [2.24, 2.45) is 5.92 Å². The molecule has 1 N–H and O–H groups in total. The van der Waals surface area contributed by atoms with Crippen LogP contribution in [-0.2, 0) is 6.42 Å². The summed E-state index contributed by atoms with van der Waals surface area (Å²) in [5.41, 5.74) is 2.02. The third kappa shape index (κ3) is 4.25. The molecule has 5 nitrogen and oxygen atoms in total. The number of fused-ring (bicyclic) bond motifs is 1. The topological polar surface area (TPSA) is 53.9 Å². The largest absolute Gasteiger partial charge is 0.316 e. The lowest BCUT2D eigenvalue weighted by molar-refractivity contribution is 0.0596. The van der Waals surface area contributed by atoms with Gasteiger partial charge in [0.2, 0.25) is 0 Å². The van der Waals surface area contributed by atoms with Crippen molar-refractivity contribution in [2.45, 2.75) is 44.6 Å². The second kappa shape index (κ2) is 8.34. The number of piperidine rings is 2. The van der Waals surface area contributed by atoms with E-state index < -0.39 is 0 Å². The summed E-state index contributed by atoms with van der Waals surface area (Å²) < 4.78 is 0. The molecule has 0 unspecified atom stereocenters. The monoisotopic (exact) mass is 357 g/mol. The fourth-order valence-electron chi connectivity index (χ4n) is 4.27. The molecule has 2 aliphatic rings. The first-order valence-corrected chi connectivity index (χ1v) is 10.4. The lowest BCUT2D eigenvalue weighted by Gasteiger charge is -2.44. The third-order valence-electron chi connectivity index (χ3n) is 5.53. The Hall–Kier alpha value is -1.37. The minimum absolute atomic E-state index is 0.831. The Morgan fingerprint density at radius 3 is 3.04 bits per heavy atom. The predicted octanol–water partition coefficient (Wildman–Crippen LogP) is 3.00. The van der Waals surface area contributed by atoms with E-state index in [0.29, 0.717) is 0 Å². The van der Waals surface area contributed by atoms with Crippen LogP contribution >= 0.6 is 11.3 Å². The van der Waals surface area contributed by atoms with Gasteiger partial charge in [0, 0.05) is 36.8 Å². The van der Waals surface area contributed by atoms with E-state index in [9.17, 15) is 0 Å². The van der Waals surface area contributed by atoms with Gasteiger partial charge in [-0.2, -0.15) is 0 Å². The van der Waals surface area contributed by atoms with E-state index >= 15 is 0 Å². The number of thiazole rings is 1. The van der Waals surface area contributed by atoms with Gasteiger partial charge in [-0.3, -0.25) is 9.97 Å². The quantitative estimate of drug-likeness (QED) is 0.806. The molecule has 2 aromatic rings. The van der Waals surface area contributed by atoms with Crippen molar-refractivity contribution in [3.8, 4) is 10.7 Å². The van der Waals surface area contributed by atoms with Gasteiger partial charge in [-0.15, -0.1) is 11.3 Å². The van der Waals surface area contributed by atoms with Crippen LogP contribution in [0.5, 0.6) is 0 Å². The van der Waals surface area contributed by atoms with Crippen LogP contribution in [0.1, 0.15) is 37.8 Å². The first-order valence-electron chi connectivity index (χ1n) is 9.56. The lowest BCUT2D eigenvalue weighted by atomic mass is 9.83. The van der Waals surface area contributed by atoms with Crippen molar-refractivity contribution in [3.63, 3.8) is 0 Å². The van der Waals surface area contributed by atoms with Gasteiger partial charge in [-0.25, -0.2) is 4.98 Å². The van der Waals surface area contributed by atoms with E-state index in [1.807, 2.05) is 0 Å². The Balaban J connectivity index is 1.24. The van der Waals surface area contributed by atoms with Crippen molar-refractivity contribution < 1.29 is 0 Å². The van der Waals surface area contributed by atoms with Crippen LogP contribution in [0.2, 0.25) is 0 Å². The molecule has 2 aromatic heterocycles. The van der Waals surface area contributed by atoms with Crippen LogP contribution in [0.15, 0.2) is 24.0 Å². The summed E-state index contributed by atoms with van der Waals surface area (Å²) in [6, 6.07) is 0.831. The Morgan fingerprint density at radius 2 is 2.12 bits per heavy atom. The molecule has 0 aliphatic carbocycles. The molecule has 2 fully saturated rings. The molecule has 0 bridgehead atoms. The summed E-state index contributed by atoms with van der Waals surface area (Å²) in [5, 5.41) is 6.81. The average Bonchev–Trinajstić information content (AvgIpc) is 3.15. The van der Waals surface area contributed by atoms with Gasteiger partial charge in [0.1, 0.15) is 10.7 Å². The smallest absolute Gasteiger partial charge is 0.143 e. The van der Waals surface area contributed by atoms with Gasteiger partial charge in [0.05, 0.1) is 11.9 Å². The zero-order valence-electron chi connectivity index (χ0n) is 14.7. The molecule has 0 aromatic carbocycles. The summed E-state index contributed by atoms with van der Waals surface area (Å²) in [5.74, 6) is 0.833. The number of hydrogen-bond donors (Lipinski definition) is 1. The maximum Gasteiger partial charge on any atom is 0.143 e. The molecule has 0 radical (unpaired) electrons. The van der Waals surface area contributed by atoms with E-state index in [-0.39, 0.29) is 0 Å². The lowest BCUT2D eigenvalue weighted by Crippen LogP contribution is -2.50. The van der Waals surface area contributed by atoms with Gasteiger partial charge < -0.3 is 10.2 Å². The maximum absolute atomic E-state index is 4.70. The number of aromatic nitrogens is 3. The number of rotatable bonds is 6. The first kappa shape index (κ1) is 17.1. The molecule has 2 aliphatic heterocycles. The Kier molecular flexibility index (Phi) is 5.69. The van der Waals surface area contributed by atoms with E-state index in [0.717, 1.165) is 47.9 Å². The molecule has 0 saturated carbocycles. The Morgan fingerprint density at radius 1 is 1.16 bits per heavy atom. The molecule has 4 heterocycles. The fourth-order valence-corrected chi connectivity index (χ4v) is 5.08. The summed E-state index contributed by atoms with van der Waals surface area (Å²) in [4.78, 5) is 15.9. The van der Waals surface area contributed by atoms with Gasteiger partial charge in [0.25, 0.3) is 0 Å². The molecular formula is C19H27N5S. The van der Waals surface area contributed by atoms with Crippen LogP contribution in [0, 0.1) is 5.92 Å². The Labute approximate surface area is 153 Å². The van der Waals surface area contributed by atoms with Crippen molar-refractivity contribution in [3.05, 3.63) is 29.7 Å².